The lowest BCUT2D eigenvalue weighted by Gasteiger charge is -2.41. The second-order valence-electron chi connectivity index (χ2n) is 21.0. The van der Waals surface area contributed by atoms with Gasteiger partial charge in [0, 0.05) is 22.4 Å². The molecule has 6 aromatic rings. The molecular weight excluding hydrogens is 729 g/mol. The number of aromatic nitrogens is 1. The molecule has 58 heavy (non-hydrogen) atoms. The lowest BCUT2D eigenvalue weighted by atomic mass is 9.73. The van der Waals surface area contributed by atoms with Gasteiger partial charge in [-0.2, -0.15) is 0 Å². The zero-order chi connectivity index (χ0) is 42.0. The monoisotopic (exact) mass is 788 g/mol. The molecule has 1 aliphatic heterocycles. The van der Waals surface area contributed by atoms with Crippen molar-refractivity contribution in [2.24, 2.45) is 5.41 Å². The van der Waals surface area contributed by atoms with Crippen LogP contribution in [-0.4, -0.2) is 18.5 Å². The second-order valence-corrected chi connectivity index (χ2v) is 22.9. The van der Waals surface area contributed by atoms with Gasteiger partial charge in [0.15, 0.2) is 0 Å². The molecule has 2 aliphatic rings. The molecule has 0 bridgehead atoms. The Morgan fingerprint density at radius 2 is 1.00 bits per heavy atom. The highest BCUT2D eigenvalue weighted by Crippen LogP contribution is 2.57. The van der Waals surface area contributed by atoms with Crippen LogP contribution < -0.4 is 4.90 Å². The Labute approximate surface area is 347 Å². The minimum atomic E-state index is -4.10. The fourth-order valence-electron chi connectivity index (χ4n) is 9.08. The SMILES string of the molecule is CC(C)(C)C1=CC2c3cc(C(C)(C)C)ccc3N(c3ccccc3S(=O)(=O)c3ccccc3-n3c4ccc(C(C)(C)C)cc4c4cc(C(C)(C)C)ccc43)C2(C)C=C1. The van der Waals surface area contributed by atoms with Crippen molar-refractivity contribution in [1.82, 2.24) is 4.57 Å². The molecular formula is C53H60N2O2S. The van der Waals surface area contributed by atoms with Crippen LogP contribution in [0, 0.1) is 5.41 Å². The topological polar surface area (TPSA) is 42.3 Å². The van der Waals surface area contributed by atoms with E-state index in [0.717, 1.165) is 27.5 Å². The first kappa shape index (κ1) is 39.9. The van der Waals surface area contributed by atoms with Gasteiger partial charge in [-0.05, 0) is 111 Å². The lowest BCUT2D eigenvalue weighted by molar-refractivity contribution is 0.481. The van der Waals surface area contributed by atoms with Crippen LogP contribution in [-0.2, 0) is 26.1 Å². The zero-order valence-electron chi connectivity index (χ0n) is 36.7. The van der Waals surface area contributed by atoms with Crippen molar-refractivity contribution in [3.63, 3.8) is 0 Å². The van der Waals surface area contributed by atoms with Gasteiger partial charge in [0.05, 0.1) is 37.7 Å². The molecule has 8 rings (SSSR count). The summed E-state index contributed by atoms with van der Waals surface area (Å²) in [6.07, 6.45) is 6.99. The smallest absolute Gasteiger partial charge is 0.210 e. The van der Waals surface area contributed by atoms with Gasteiger partial charge in [-0.1, -0.05) is 150 Å². The van der Waals surface area contributed by atoms with Gasteiger partial charge < -0.3 is 9.47 Å². The van der Waals surface area contributed by atoms with Crippen LogP contribution in [0.2, 0.25) is 0 Å². The Bertz CT molecular complexity index is 2740. The maximum atomic E-state index is 15.6. The number of hydrogen-bond donors (Lipinski definition) is 0. The number of fused-ring (bicyclic) bond motifs is 6. The van der Waals surface area contributed by atoms with Gasteiger partial charge in [-0.25, -0.2) is 8.42 Å². The van der Waals surface area contributed by atoms with Crippen LogP contribution in [0.3, 0.4) is 0 Å². The molecule has 2 heterocycles. The van der Waals surface area contributed by atoms with E-state index >= 15 is 8.42 Å². The summed E-state index contributed by atoms with van der Waals surface area (Å²) in [6.45, 7) is 29.2. The third-order valence-corrected chi connectivity index (χ3v) is 14.5. The summed E-state index contributed by atoms with van der Waals surface area (Å²) >= 11 is 0. The first-order chi connectivity index (χ1) is 26.9. The zero-order valence-corrected chi connectivity index (χ0v) is 37.6. The number of sulfone groups is 1. The van der Waals surface area contributed by atoms with E-state index in [0.29, 0.717) is 16.3 Å². The Morgan fingerprint density at radius 3 is 1.52 bits per heavy atom. The van der Waals surface area contributed by atoms with E-state index < -0.39 is 15.4 Å². The average Bonchev–Trinajstić information content (AvgIpc) is 3.60. The second kappa shape index (κ2) is 13.1. The van der Waals surface area contributed by atoms with Crippen LogP contribution in [0.25, 0.3) is 27.5 Å². The summed E-state index contributed by atoms with van der Waals surface area (Å²) in [5.74, 6) is 0.0284. The summed E-state index contributed by atoms with van der Waals surface area (Å²) in [5.41, 5.74) is 9.86. The van der Waals surface area contributed by atoms with Crippen molar-refractivity contribution in [3.8, 4) is 5.69 Å². The van der Waals surface area contributed by atoms with E-state index in [-0.39, 0.29) is 32.5 Å². The maximum absolute atomic E-state index is 15.6. The van der Waals surface area contributed by atoms with E-state index in [9.17, 15) is 0 Å². The predicted molar refractivity (Wildman–Crippen MR) is 245 cm³/mol. The fraction of sp³-hybridized carbons (Fsp3) is 0.358. The van der Waals surface area contributed by atoms with E-state index in [2.05, 4.69) is 172 Å². The number of hydrogen-bond acceptors (Lipinski definition) is 3. The molecule has 0 saturated heterocycles. The van der Waals surface area contributed by atoms with Gasteiger partial charge in [-0.3, -0.25) is 0 Å². The molecule has 0 amide bonds. The lowest BCUT2D eigenvalue weighted by Crippen LogP contribution is -2.43. The number of rotatable bonds is 4. The van der Waals surface area contributed by atoms with E-state index in [1.165, 1.54) is 27.8 Å². The Balaban J connectivity index is 1.35. The van der Waals surface area contributed by atoms with E-state index in [4.69, 9.17) is 0 Å². The summed E-state index contributed by atoms with van der Waals surface area (Å²) in [4.78, 5) is 2.86. The molecule has 1 aromatic heterocycles. The largest absolute Gasteiger partial charge is 0.330 e. The van der Waals surface area contributed by atoms with Crippen molar-refractivity contribution in [2.75, 3.05) is 4.90 Å². The molecule has 2 atom stereocenters. The van der Waals surface area contributed by atoms with Crippen LogP contribution in [0.1, 0.15) is 118 Å². The van der Waals surface area contributed by atoms with Crippen molar-refractivity contribution in [2.45, 2.75) is 128 Å². The third kappa shape index (κ3) is 6.36. The normalized spacial score (nSPS) is 18.8. The Hall–Kier alpha value is -4.87. The third-order valence-electron chi connectivity index (χ3n) is 12.7. The highest BCUT2D eigenvalue weighted by atomic mass is 32.2. The van der Waals surface area contributed by atoms with E-state index in [1.807, 2.05) is 36.4 Å². The average molecular weight is 789 g/mol. The van der Waals surface area contributed by atoms with Crippen molar-refractivity contribution in [1.29, 1.82) is 0 Å². The summed E-state index contributed by atoms with van der Waals surface area (Å²) in [6, 6.07) is 35.3. The highest BCUT2D eigenvalue weighted by Gasteiger charge is 2.50. The number of benzene rings is 5. The maximum Gasteiger partial charge on any atom is 0.210 e. The minimum absolute atomic E-state index is 0.0284. The summed E-state index contributed by atoms with van der Waals surface area (Å²) in [7, 11) is -4.10. The Kier molecular flexibility index (Phi) is 9.00. The van der Waals surface area contributed by atoms with Crippen LogP contribution >= 0.6 is 0 Å². The van der Waals surface area contributed by atoms with Crippen LogP contribution in [0.15, 0.2) is 137 Å². The molecule has 1 aliphatic carbocycles. The molecule has 5 heteroatoms. The fourth-order valence-corrected chi connectivity index (χ4v) is 10.7. The quantitative estimate of drug-likeness (QED) is 0.179. The van der Waals surface area contributed by atoms with Gasteiger partial charge in [0.1, 0.15) is 0 Å². The summed E-state index contributed by atoms with van der Waals surface area (Å²) in [5, 5.41) is 2.24. The van der Waals surface area contributed by atoms with Gasteiger partial charge >= 0.3 is 0 Å². The number of nitrogens with zero attached hydrogens (tertiary/aromatic N) is 2. The molecule has 4 nitrogen and oxygen atoms in total. The first-order valence-corrected chi connectivity index (χ1v) is 22.3. The minimum Gasteiger partial charge on any atom is -0.330 e. The van der Waals surface area contributed by atoms with Crippen LogP contribution in [0.5, 0.6) is 0 Å². The van der Waals surface area contributed by atoms with Gasteiger partial charge in [-0.15, -0.1) is 0 Å². The molecule has 0 fully saturated rings. The molecule has 0 N–H and O–H groups in total. The van der Waals surface area contributed by atoms with E-state index in [1.54, 1.807) is 12.1 Å². The molecule has 300 valence electrons. The predicted octanol–water partition coefficient (Wildman–Crippen LogP) is 14.0. The number of para-hydroxylation sites is 2. The van der Waals surface area contributed by atoms with Crippen molar-refractivity contribution in [3.05, 3.63) is 149 Å². The van der Waals surface area contributed by atoms with Crippen molar-refractivity contribution < 1.29 is 8.42 Å². The molecule has 5 aromatic carbocycles. The highest BCUT2D eigenvalue weighted by molar-refractivity contribution is 7.91. The standard InChI is InChI=1S/C53H60N2O2S/c1-49(2,3)34-22-25-42-38(30-34)39-31-35(50(4,5)6)23-26-43(39)54(42)45-18-14-16-20-47(45)58(56,57)48-21-17-15-19-46(48)55-44-27-24-36(51(7,8)9)32-40(44)41-33-37(52(10,11)12)28-29-53(41,55)13/h14-33,41H,1-13H3. The number of anilines is 2. The molecule has 0 saturated carbocycles. The number of allylic oxidation sites excluding steroid dienone is 2. The molecule has 0 radical (unpaired) electrons. The Morgan fingerprint density at radius 1 is 0.534 bits per heavy atom. The molecule has 0 spiro atoms. The first-order valence-electron chi connectivity index (χ1n) is 20.8. The van der Waals surface area contributed by atoms with Gasteiger partial charge in [0.2, 0.25) is 9.84 Å². The van der Waals surface area contributed by atoms with Crippen molar-refractivity contribution >= 4 is 43.0 Å². The summed E-state index contributed by atoms with van der Waals surface area (Å²) < 4.78 is 33.5. The van der Waals surface area contributed by atoms with Gasteiger partial charge in [0.25, 0.3) is 0 Å². The molecule has 2 unspecified atom stereocenters. The van der Waals surface area contributed by atoms with Crippen LogP contribution in [0.4, 0.5) is 11.4 Å².